The normalized spacial score (nSPS) is 10.3. The van der Waals surface area contributed by atoms with Gasteiger partial charge in [-0.15, -0.1) is 11.3 Å². The van der Waals surface area contributed by atoms with Gasteiger partial charge in [-0.1, -0.05) is 15.9 Å². The second kappa shape index (κ2) is 5.49. The van der Waals surface area contributed by atoms with Gasteiger partial charge in [0.2, 0.25) is 0 Å². The zero-order valence-corrected chi connectivity index (χ0v) is 13.4. The average molecular weight is 423 g/mol. The minimum Gasteiger partial charge on any atom is -0.496 e. The van der Waals surface area contributed by atoms with Gasteiger partial charge in [-0.05, 0) is 46.9 Å². The molecule has 0 fully saturated rings. The van der Waals surface area contributed by atoms with Gasteiger partial charge in [0, 0.05) is 15.4 Å². The number of hydrogen-bond donors (Lipinski definition) is 0. The number of rotatable bonds is 3. The van der Waals surface area contributed by atoms with E-state index >= 15 is 0 Å². The van der Waals surface area contributed by atoms with Gasteiger partial charge in [0.1, 0.15) is 5.75 Å². The molecule has 0 N–H and O–H groups in total. The maximum absolute atomic E-state index is 12.3. The highest BCUT2D eigenvalue weighted by atomic mass is 127. The van der Waals surface area contributed by atoms with E-state index < -0.39 is 0 Å². The standard InChI is InChI=1S/C12H8BrIO2S/c1-16-10-3-2-8(13)5-9(10)12(15)7-4-11(14)17-6-7/h2-6H,1H3. The van der Waals surface area contributed by atoms with Gasteiger partial charge >= 0.3 is 0 Å². The molecule has 0 amide bonds. The van der Waals surface area contributed by atoms with Gasteiger partial charge < -0.3 is 4.74 Å². The molecule has 2 rings (SSSR count). The largest absolute Gasteiger partial charge is 0.496 e. The van der Waals surface area contributed by atoms with Crippen LogP contribution in [0.1, 0.15) is 15.9 Å². The number of halogens is 2. The van der Waals surface area contributed by atoms with Gasteiger partial charge in [0.15, 0.2) is 5.78 Å². The zero-order chi connectivity index (χ0) is 12.4. The van der Waals surface area contributed by atoms with Crippen molar-refractivity contribution < 1.29 is 9.53 Å². The Morgan fingerprint density at radius 3 is 2.76 bits per heavy atom. The predicted octanol–water partition coefficient (Wildman–Crippen LogP) is 4.35. The third kappa shape index (κ3) is 2.89. The highest BCUT2D eigenvalue weighted by Crippen LogP contribution is 2.27. The summed E-state index contributed by atoms with van der Waals surface area (Å²) in [6.45, 7) is 0. The lowest BCUT2D eigenvalue weighted by Crippen LogP contribution is -2.02. The lowest BCUT2D eigenvalue weighted by molar-refractivity contribution is 0.103. The molecule has 0 atom stereocenters. The molecule has 1 heterocycles. The number of carbonyl (C=O) groups is 1. The van der Waals surface area contributed by atoms with Crippen LogP contribution in [0.3, 0.4) is 0 Å². The van der Waals surface area contributed by atoms with Crippen molar-refractivity contribution in [3.8, 4) is 5.75 Å². The lowest BCUT2D eigenvalue weighted by Gasteiger charge is -2.07. The van der Waals surface area contributed by atoms with Crippen LogP contribution in [0.4, 0.5) is 0 Å². The van der Waals surface area contributed by atoms with E-state index in [0.29, 0.717) is 16.9 Å². The molecule has 2 aromatic rings. The molecule has 1 aromatic carbocycles. The van der Waals surface area contributed by atoms with Crippen LogP contribution >= 0.6 is 49.9 Å². The zero-order valence-electron chi connectivity index (χ0n) is 8.87. The van der Waals surface area contributed by atoms with E-state index in [1.807, 2.05) is 17.5 Å². The maximum atomic E-state index is 12.3. The highest BCUT2D eigenvalue weighted by Gasteiger charge is 2.16. The minimum absolute atomic E-state index is 0.0117. The Labute approximate surface area is 125 Å². The molecule has 5 heteroatoms. The fourth-order valence-electron chi connectivity index (χ4n) is 1.44. The van der Waals surface area contributed by atoms with Crippen molar-refractivity contribution in [3.05, 3.63) is 48.1 Å². The summed E-state index contributed by atoms with van der Waals surface area (Å²) >= 11 is 7.13. The van der Waals surface area contributed by atoms with E-state index in [1.165, 1.54) is 0 Å². The van der Waals surface area contributed by atoms with Crippen LogP contribution in [0.5, 0.6) is 5.75 Å². The Bertz CT molecular complexity index is 565. The van der Waals surface area contributed by atoms with E-state index in [4.69, 9.17) is 4.74 Å². The third-order valence-electron chi connectivity index (χ3n) is 2.24. The Morgan fingerprint density at radius 1 is 1.41 bits per heavy atom. The topological polar surface area (TPSA) is 26.3 Å². The first-order chi connectivity index (χ1) is 8.11. The molecule has 0 spiro atoms. The van der Waals surface area contributed by atoms with Gasteiger partial charge in [-0.2, -0.15) is 0 Å². The number of hydrogen-bond acceptors (Lipinski definition) is 3. The van der Waals surface area contributed by atoms with Crippen molar-refractivity contribution in [1.82, 2.24) is 0 Å². The molecule has 88 valence electrons. The van der Waals surface area contributed by atoms with E-state index in [2.05, 4.69) is 38.5 Å². The van der Waals surface area contributed by atoms with Gasteiger partial charge in [-0.3, -0.25) is 4.79 Å². The Morgan fingerprint density at radius 2 is 2.18 bits per heavy atom. The van der Waals surface area contributed by atoms with Gasteiger partial charge in [0.25, 0.3) is 0 Å². The molecule has 17 heavy (non-hydrogen) atoms. The predicted molar refractivity (Wildman–Crippen MR) is 81.2 cm³/mol. The average Bonchev–Trinajstić information content (AvgIpc) is 2.75. The molecular formula is C12H8BrIO2S. The van der Waals surface area contributed by atoms with Crippen LogP contribution in [0, 0.1) is 2.88 Å². The molecular weight excluding hydrogens is 415 g/mol. The second-order valence-electron chi connectivity index (χ2n) is 3.31. The van der Waals surface area contributed by atoms with Crippen LogP contribution in [0.25, 0.3) is 0 Å². The first-order valence-corrected chi connectivity index (χ1v) is 7.49. The van der Waals surface area contributed by atoms with Crippen LogP contribution < -0.4 is 4.74 Å². The molecule has 2 nitrogen and oxygen atoms in total. The fraction of sp³-hybridized carbons (Fsp3) is 0.0833. The molecule has 0 saturated carbocycles. The summed E-state index contributed by atoms with van der Waals surface area (Å²) in [6.07, 6.45) is 0. The smallest absolute Gasteiger partial charge is 0.197 e. The number of methoxy groups -OCH3 is 1. The summed E-state index contributed by atoms with van der Waals surface area (Å²) in [4.78, 5) is 12.3. The van der Waals surface area contributed by atoms with Crippen LogP contribution in [0.15, 0.2) is 34.1 Å². The molecule has 0 aliphatic rings. The molecule has 0 aliphatic heterocycles. The minimum atomic E-state index is -0.0117. The molecule has 0 saturated heterocycles. The SMILES string of the molecule is COc1ccc(Br)cc1C(=O)c1csc(I)c1. The van der Waals surface area contributed by atoms with Crippen molar-refractivity contribution in [2.24, 2.45) is 0 Å². The van der Waals surface area contributed by atoms with Crippen molar-refractivity contribution >= 4 is 55.6 Å². The lowest BCUT2D eigenvalue weighted by atomic mass is 10.1. The number of thiophene rings is 1. The Hall–Kier alpha value is -0.400. The molecule has 0 aliphatic carbocycles. The van der Waals surface area contributed by atoms with Crippen molar-refractivity contribution in [2.45, 2.75) is 0 Å². The number of benzene rings is 1. The van der Waals surface area contributed by atoms with E-state index in [9.17, 15) is 4.79 Å². The summed E-state index contributed by atoms with van der Waals surface area (Å²) in [6, 6.07) is 7.31. The molecule has 0 unspecified atom stereocenters. The van der Waals surface area contributed by atoms with Crippen molar-refractivity contribution in [1.29, 1.82) is 0 Å². The Kier molecular flexibility index (Phi) is 4.22. The summed E-state index contributed by atoms with van der Waals surface area (Å²) in [5.41, 5.74) is 1.28. The van der Waals surface area contributed by atoms with Crippen molar-refractivity contribution in [2.75, 3.05) is 7.11 Å². The summed E-state index contributed by atoms with van der Waals surface area (Å²) in [5.74, 6) is 0.585. The fourth-order valence-corrected chi connectivity index (χ4v) is 3.13. The summed E-state index contributed by atoms with van der Waals surface area (Å²) in [5, 5.41) is 1.87. The Balaban J connectivity index is 2.46. The second-order valence-corrected chi connectivity index (χ2v) is 7.03. The first kappa shape index (κ1) is 13.0. The van der Waals surface area contributed by atoms with Crippen LogP contribution in [-0.2, 0) is 0 Å². The number of ketones is 1. The van der Waals surface area contributed by atoms with Crippen molar-refractivity contribution in [3.63, 3.8) is 0 Å². The number of ether oxygens (including phenoxy) is 1. The highest BCUT2D eigenvalue weighted by molar-refractivity contribution is 14.1. The van der Waals surface area contributed by atoms with E-state index in [-0.39, 0.29) is 5.78 Å². The third-order valence-corrected chi connectivity index (χ3v) is 4.52. The van der Waals surface area contributed by atoms with Crippen LogP contribution in [0.2, 0.25) is 0 Å². The molecule has 0 bridgehead atoms. The van der Waals surface area contributed by atoms with Gasteiger partial charge in [0.05, 0.1) is 15.6 Å². The monoisotopic (exact) mass is 422 g/mol. The van der Waals surface area contributed by atoms with Gasteiger partial charge in [-0.25, -0.2) is 0 Å². The maximum Gasteiger partial charge on any atom is 0.197 e. The quantitative estimate of drug-likeness (QED) is 0.542. The van der Waals surface area contributed by atoms with E-state index in [0.717, 1.165) is 7.36 Å². The summed E-state index contributed by atoms with van der Waals surface area (Å²) < 4.78 is 7.17. The summed E-state index contributed by atoms with van der Waals surface area (Å²) in [7, 11) is 1.57. The first-order valence-electron chi connectivity index (χ1n) is 4.74. The van der Waals surface area contributed by atoms with E-state index in [1.54, 1.807) is 30.6 Å². The molecule has 1 aromatic heterocycles. The van der Waals surface area contributed by atoms with Crippen LogP contribution in [-0.4, -0.2) is 12.9 Å². The number of carbonyl (C=O) groups excluding carboxylic acids is 1. The molecule has 0 radical (unpaired) electrons.